The quantitative estimate of drug-likeness (QED) is 0.498. The average Bonchev–Trinajstić information content (AvgIpc) is 3.56. The molecule has 180 valence electrons. The number of amides is 1. The number of β-amino-alcohol motifs (C(OH)–C–C–N with tert-alkyl or cyclic N) is 1. The summed E-state index contributed by atoms with van der Waals surface area (Å²) in [5.41, 5.74) is 2.41. The predicted octanol–water partition coefficient (Wildman–Crippen LogP) is 0.740. The molecule has 1 fully saturated rings. The van der Waals surface area contributed by atoms with Crippen LogP contribution in [0.1, 0.15) is 9.67 Å². The molecule has 2 aliphatic rings. The molecule has 0 bridgehead atoms. The lowest BCUT2D eigenvalue weighted by Crippen LogP contribution is -2.42. The molecule has 0 aliphatic carbocycles. The van der Waals surface area contributed by atoms with Gasteiger partial charge in [-0.25, -0.2) is 4.98 Å². The summed E-state index contributed by atoms with van der Waals surface area (Å²) in [4.78, 5) is 28.1. The van der Waals surface area contributed by atoms with Gasteiger partial charge in [-0.3, -0.25) is 19.2 Å². The summed E-state index contributed by atoms with van der Waals surface area (Å²) in [5.74, 6) is 1.31. The van der Waals surface area contributed by atoms with Crippen LogP contribution in [0.25, 0.3) is 10.9 Å². The molecule has 2 aliphatic heterocycles. The largest absolute Gasteiger partial charge is 0.491 e. The summed E-state index contributed by atoms with van der Waals surface area (Å²) in [6.07, 6.45) is 0.835. The number of anilines is 1. The zero-order valence-electron chi connectivity index (χ0n) is 18.8. The van der Waals surface area contributed by atoms with Gasteiger partial charge in [-0.2, -0.15) is 4.99 Å². The molecule has 4 heterocycles. The van der Waals surface area contributed by atoms with Crippen LogP contribution in [-0.4, -0.2) is 89.7 Å². The highest BCUT2D eigenvalue weighted by Gasteiger charge is 2.22. The Balaban J connectivity index is 1.45. The van der Waals surface area contributed by atoms with Gasteiger partial charge in [0.25, 0.3) is 5.91 Å². The standard InChI is InChI=1S/C22H26N6O5S/c1-31-19-16(33-12-14(29)11-27-6-8-32-9-7-27)3-2-15-18(19)25-22(28-5-4-24-20(15)28)26-21(30)17-10-23-13-34-17/h2-3,10,13-14,24,29H,4-9,11-12H2,1H3/t14-/m0/s1. The number of nitrogens with one attached hydrogen (secondary N) is 1. The summed E-state index contributed by atoms with van der Waals surface area (Å²) in [7, 11) is 1.54. The second kappa shape index (κ2) is 10.1. The Morgan fingerprint density at radius 1 is 1.35 bits per heavy atom. The Hall–Kier alpha value is -3.06. The summed E-state index contributed by atoms with van der Waals surface area (Å²) in [6.45, 7) is 4.89. The van der Waals surface area contributed by atoms with E-state index in [1.807, 2.05) is 16.7 Å². The fourth-order valence-electron chi connectivity index (χ4n) is 4.13. The molecule has 5 rings (SSSR count). The number of hydrogen-bond acceptors (Lipinski definition) is 10. The van der Waals surface area contributed by atoms with Gasteiger partial charge in [-0.15, -0.1) is 11.3 Å². The number of benzene rings is 1. The summed E-state index contributed by atoms with van der Waals surface area (Å²) < 4.78 is 18.8. The number of hydrogen-bond donors (Lipinski definition) is 2. The van der Waals surface area contributed by atoms with E-state index in [1.54, 1.807) is 12.6 Å². The van der Waals surface area contributed by atoms with E-state index in [0.29, 0.717) is 54.7 Å². The average molecular weight is 487 g/mol. The van der Waals surface area contributed by atoms with Crippen LogP contribution < -0.4 is 20.4 Å². The third-order valence-electron chi connectivity index (χ3n) is 5.75. The number of carbonyl (C=O) groups is 1. The Kier molecular flexibility index (Phi) is 6.72. The maximum absolute atomic E-state index is 12.6. The number of nitrogens with zero attached hydrogens (tertiary/aromatic N) is 5. The molecular weight excluding hydrogens is 460 g/mol. The Bertz CT molecular complexity index is 1240. The minimum absolute atomic E-state index is 0.109. The number of carbonyl (C=O) groups excluding carboxylic acids is 1. The van der Waals surface area contributed by atoms with Crippen molar-refractivity contribution >= 4 is 34.0 Å². The summed E-state index contributed by atoms with van der Waals surface area (Å²) >= 11 is 1.23. The molecule has 1 saturated heterocycles. The number of morpholine rings is 1. The van der Waals surface area contributed by atoms with Crippen molar-refractivity contribution in [1.29, 1.82) is 0 Å². The van der Waals surface area contributed by atoms with E-state index in [2.05, 4.69) is 25.2 Å². The summed E-state index contributed by atoms with van der Waals surface area (Å²) in [6, 6.07) is 3.71. The van der Waals surface area contributed by atoms with E-state index in [9.17, 15) is 9.90 Å². The first kappa shape index (κ1) is 22.7. The number of rotatable bonds is 7. The lowest BCUT2D eigenvalue weighted by molar-refractivity contribution is 0.00447. The summed E-state index contributed by atoms with van der Waals surface area (Å²) in [5, 5.41) is 14.6. The van der Waals surface area contributed by atoms with Crippen molar-refractivity contribution < 1.29 is 24.1 Å². The molecule has 11 nitrogen and oxygen atoms in total. The van der Waals surface area contributed by atoms with Crippen LogP contribution in [0.3, 0.4) is 0 Å². The zero-order valence-corrected chi connectivity index (χ0v) is 19.6. The van der Waals surface area contributed by atoms with E-state index in [4.69, 9.17) is 14.2 Å². The molecular formula is C22H26N6O5S. The topological polar surface area (TPSA) is 123 Å². The van der Waals surface area contributed by atoms with Crippen LogP contribution in [0.4, 0.5) is 5.82 Å². The van der Waals surface area contributed by atoms with Crippen LogP contribution in [0.2, 0.25) is 0 Å². The molecule has 2 N–H and O–H groups in total. The molecule has 0 radical (unpaired) electrons. The molecule has 0 saturated carbocycles. The highest BCUT2D eigenvalue weighted by molar-refractivity contribution is 7.11. The van der Waals surface area contributed by atoms with E-state index in [1.165, 1.54) is 17.5 Å². The first-order valence-electron chi connectivity index (χ1n) is 11.1. The van der Waals surface area contributed by atoms with Crippen molar-refractivity contribution in [2.45, 2.75) is 12.6 Å². The first-order valence-corrected chi connectivity index (χ1v) is 12.0. The number of ether oxygens (including phenoxy) is 3. The minimum Gasteiger partial charge on any atom is -0.491 e. The zero-order chi connectivity index (χ0) is 23.5. The maximum Gasteiger partial charge on any atom is 0.291 e. The Morgan fingerprint density at radius 2 is 2.21 bits per heavy atom. The van der Waals surface area contributed by atoms with E-state index < -0.39 is 12.0 Å². The second-order valence-corrected chi connectivity index (χ2v) is 8.88. The number of thiazole rings is 1. The van der Waals surface area contributed by atoms with Crippen LogP contribution in [0.15, 0.2) is 28.8 Å². The predicted molar refractivity (Wildman–Crippen MR) is 126 cm³/mol. The fourth-order valence-corrected chi connectivity index (χ4v) is 4.64. The molecule has 12 heteroatoms. The van der Waals surface area contributed by atoms with Crippen molar-refractivity contribution in [3.63, 3.8) is 0 Å². The minimum atomic E-state index is -0.661. The van der Waals surface area contributed by atoms with Crippen LogP contribution in [0.5, 0.6) is 11.5 Å². The SMILES string of the molecule is COc1c(OC[C@@H](O)CN2CCOCC2)ccc2c3n(c(=NC(=O)c4cncs4)nc12)CCN3. The molecule has 0 unspecified atom stereocenters. The molecule has 1 aromatic carbocycles. The third kappa shape index (κ3) is 4.62. The van der Waals surface area contributed by atoms with Gasteiger partial charge in [0.1, 0.15) is 28.9 Å². The van der Waals surface area contributed by atoms with Gasteiger partial charge in [0.2, 0.25) is 5.62 Å². The highest BCUT2D eigenvalue weighted by Crippen LogP contribution is 2.37. The van der Waals surface area contributed by atoms with E-state index in [-0.39, 0.29) is 12.2 Å². The number of aliphatic hydroxyl groups is 1. The van der Waals surface area contributed by atoms with Crippen molar-refractivity contribution in [3.05, 3.63) is 34.3 Å². The molecule has 0 spiro atoms. The highest BCUT2D eigenvalue weighted by atomic mass is 32.1. The Morgan fingerprint density at radius 3 is 2.97 bits per heavy atom. The van der Waals surface area contributed by atoms with Gasteiger partial charge >= 0.3 is 0 Å². The van der Waals surface area contributed by atoms with E-state index >= 15 is 0 Å². The first-order chi connectivity index (χ1) is 16.6. The number of fused-ring (bicyclic) bond motifs is 3. The lowest BCUT2D eigenvalue weighted by Gasteiger charge is -2.28. The van der Waals surface area contributed by atoms with Crippen LogP contribution >= 0.6 is 11.3 Å². The smallest absolute Gasteiger partial charge is 0.291 e. The number of methoxy groups -OCH3 is 1. The van der Waals surface area contributed by atoms with Crippen LogP contribution in [0, 0.1) is 0 Å². The lowest BCUT2D eigenvalue weighted by atomic mass is 10.2. The van der Waals surface area contributed by atoms with Crippen molar-refractivity contribution in [1.82, 2.24) is 19.4 Å². The van der Waals surface area contributed by atoms with Crippen molar-refractivity contribution in [3.8, 4) is 11.5 Å². The third-order valence-corrected chi connectivity index (χ3v) is 6.52. The maximum atomic E-state index is 12.6. The normalized spacial score (nSPS) is 17.4. The van der Waals surface area contributed by atoms with Gasteiger partial charge in [-0.05, 0) is 12.1 Å². The molecule has 34 heavy (non-hydrogen) atoms. The van der Waals surface area contributed by atoms with Crippen molar-refractivity contribution in [2.75, 3.05) is 58.4 Å². The Labute approximate surface area is 199 Å². The molecule has 1 amide bonds. The monoisotopic (exact) mass is 486 g/mol. The number of aliphatic hydroxyl groups excluding tert-OH is 1. The van der Waals surface area contributed by atoms with E-state index in [0.717, 1.165) is 24.3 Å². The second-order valence-electron chi connectivity index (χ2n) is 7.99. The van der Waals surface area contributed by atoms with Gasteiger partial charge in [-0.1, -0.05) is 0 Å². The van der Waals surface area contributed by atoms with Gasteiger partial charge in [0.15, 0.2) is 11.5 Å². The van der Waals surface area contributed by atoms with Crippen LogP contribution in [-0.2, 0) is 11.3 Å². The number of aromatic nitrogens is 3. The van der Waals surface area contributed by atoms with Gasteiger partial charge in [0.05, 0.1) is 32.0 Å². The molecule has 1 atom stereocenters. The molecule has 2 aromatic heterocycles. The molecule has 3 aromatic rings. The van der Waals surface area contributed by atoms with Crippen molar-refractivity contribution in [2.24, 2.45) is 4.99 Å². The van der Waals surface area contributed by atoms with Gasteiger partial charge in [0, 0.05) is 38.1 Å². The fraction of sp³-hybridized carbons (Fsp3) is 0.455. The van der Waals surface area contributed by atoms with Gasteiger partial charge < -0.3 is 24.6 Å².